The van der Waals surface area contributed by atoms with Crippen LogP contribution in [0.4, 0.5) is 0 Å². The van der Waals surface area contributed by atoms with Gasteiger partial charge in [-0.1, -0.05) is 38.1 Å². The summed E-state index contributed by atoms with van der Waals surface area (Å²) in [5.41, 5.74) is 0.461. The van der Waals surface area contributed by atoms with Gasteiger partial charge in [0.2, 0.25) is 10.0 Å². The molecule has 0 radical (unpaired) electrons. The SMILES string of the molecule is CCCOP(=O)(OCCC)C1(NS(C)(=O)=O)C=C(Br)C(=O)c2ccccc21. The van der Waals surface area contributed by atoms with Gasteiger partial charge in [-0.05, 0) is 34.8 Å². The van der Waals surface area contributed by atoms with E-state index in [9.17, 15) is 17.8 Å². The van der Waals surface area contributed by atoms with Gasteiger partial charge in [-0.15, -0.1) is 0 Å². The molecule has 0 heterocycles. The lowest BCUT2D eigenvalue weighted by atomic mass is 9.92. The Kier molecular flexibility index (Phi) is 7.22. The van der Waals surface area contributed by atoms with Crippen LogP contribution in [0, 0.1) is 0 Å². The third-order valence-corrected chi connectivity index (χ3v) is 7.66. The van der Waals surface area contributed by atoms with Gasteiger partial charge in [-0.3, -0.25) is 9.36 Å². The lowest BCUT2D eigenvalue weighted by molar-refractivity contribution is 0.103. The minimum Gasteiger partial charge on any atom is -0.307 e. The summed E-state index contributed by atoms with van der Waals surface area (Å²) in [4.78, 5) is 12.6. The van der Waals surface area contributed by atoms with Crippen LogP contribution in [0.2, 0.25) is 0 Å². The monoisotopic (exact) mass is 479 g/mol. The second-order valence-corrected chi connectivity index (χ2v) is 11.0. The number of benzene rings is 1. The molecule has 1 aliphatic carbocycles. The zero-order valence-corrected chi connectivity index (χ0v) is 18.7. The number of hydrogen-bond donors (Lipinski definition) is 1. The van der Waals surface area contributed by atoms with Crippen molar-refractivity contribution in [2.75, 3.05) is 19.5 Å². The van der Waals surface area contributed by atoms with Crippen molar-refractivity contribution in [3.63, 3.8) is 0 Å². The molecule has 7 nitrogen and oxygen atoms in total. The van der Waals surface area contributed by atoms with Gasteiger partial charge in [0, 0.05) is 11.1 Å². The number of sulfonamides is 1. The number of nitrogens with one attached hydrogen (secondary N) is 1. The van der Waals surface area contributed by atoms with Crippen molar-refractivity contribution in [1.82, 2.24) is 4.72 Å². The van der Waals surface area contributed by atoms with E-state index in [-0.39, 0.29) is 34.6 Å². The Morgan fingerprint density at radius 3 is 2.22 bits per heavy atom. The zero-order valence-electron chi connectivity index (χ0n) is 15.4. The Morgan fingerprint density at radius 1 is 1.15 bits per heavy atom. The summed E-state index contributed by atoms with van der Waals surface area (Å²) in [6.45, 7) is 3.89. The lowest BCUT2D eigenvalue weighted by Gasteiger charge is -2.40. The highest BCUT2D eigenvalue weighted by atomic mass is 79.9. The van der Waals surface area contributed by atoms with E-state index in [0.29, 0.717) is 12.8 Å². The molecule has 0 bridgehead atoms. The molecule has 1 aromatic carbocycles. The highest BCUT2D eigenvalue weighted by Crippen LogP contribution is 2.66. The standard InChI is InChI=1S/C17H23BrNO6PS/c1-4-10-24-26(21,25-11-5-2)17(19-27(3,22)23)12-15(18)16(20)13-8-6-7-9-14(13)17/h6-9,12,19H,4-5,10-11H2,1-3H3. The van der Waals surface area contributed by atoms with Gasteiger partial charge < -0.3 is 9.05 Å². The van der Waals surface area contributed by atoms with Gasteiger partial charge in [0.15, 0.2) is 11.1 Å². The molecule has 0 spiro atoms. The summed E-state index contributed by atoms with van der Waals surface area (Å²) in [6.07, 6.45) is 3.35. The van der Waals surface area contributed by atoms with E-state index in [4.69, 9.17) is 9.05 Å². The van der Waals surface area contributed by atoms with Crippen LogP contribution in [-0.4, -0.2) is 33.7 Å². The molecule has 150 valence electrons. The van der Waals surface area contributed by atoms with Crippen LogP contribution in [-0.2, 0) is 28.9 Å². The number of carbonyl (C=O) groups excluding carboxylic acids is 1. The molecule has 1 aliphatic rings. The predicted octanol–water partition coefficient (Wildman–Crippen LogP) is 3.91. The summed E-state index contributed by atoms with van der Waals surface area (Å²) in [5.74, 6) is -0.339. The van der Waals surface area contributed by atoms with Crippen molar-refractivity contribution in [1.29, 1.82) is 0 Å². The van der Waals surface area contributed by atoms with E-state index < -0.39 is 22.9 Å². The van der Waals surface area contributed by atoms with Gasteiger partial charge >= 0.3 is 7.60 Å². The fraction of sp³-hybridized carbons (Fsp3) is 0.471. The van der Waals surface area contributed by atoms with Gasteiger partial charge in [0.25, 0.3) is 0 Å². The average Bonchev–Trinajstić information content (AvgIpc) is 2.61. The third kappa shape index (κ3) is 4.60. The smallest absolute Gasteiger partial charge is 0.307 e. The maximum Gasteiger partial charge on any atom is 0.360 e. The Labute approximate surface area is 168 Å². The molecule has 2 rings (SSSR count). The number of fused-ring (bicyclic) bond motifs is 1. The molecule has 1 unspecified atom stereocenters. The van der Waals surface area contributed by atoms with Crippen molar-refractivity contribution in [3.8, 4) is 0 Å². The maximum absolute atomic E-state index is 14.0. The number of allylic oxidation sites excluding steroid dienone is 1. The topological polar surface area (TPSA) is 98.8 Å². The minimum atomic E-state index is -4.10. The molecule has 0 fully saturated rings. The lowest BCUT2D eigenvalue weighted by Crippen LogP contribution is -2.47. The van der Waals surface area contributed by atoms with E-state index >= 15 is 0 Å². The summed E-state index contributed by atoms with van der Waals surface area (Å²) in [5, 5.41) is -1.85. The van der Waals surface area contributed by atoms with Crippen molar-refractivity contribution in [3.05, 3.63) is 46.0 Å². The van der Waals surface area contributed by atoms with Crippen molar-refractivity contribution in [2.45, 2.75) is 32.0 Å². The summed E-state index contributed by atoms with van der Waals surface area (Å²) in [6, 6.07) is 6.40. The van der Waals surface area contributed by atoms with E-state index in [1.165, 1.54) is 6.08 Å². The van der Waals surface area contributed by atoms with Crippen LogP contribution in [0.25, 0.3) is 0 Å². The molecule has 10 heteroatoms. The average molecular weight is 480 g/mol. The normalized spacial score (nSPS) is 20.3. The highest BCUT2D eigenvalue weighted by Gasteiger charge is 2.56. The Hall–Kier alpha value is -0.830. The van der Waals surface area contributed by atoms with Gasteiger partial charge in [0.05, 0.1) is 24.0 Å². The van der Waals surface area contributed by atoms with Crippen LogP contribution in [0.1, 0.15) is 42.6 Å². The Bertz CT molecular complexity index is 888. The van der Waals surface area contributed by atoms with E-state index in [1.807, 2.05) is 13.8 Å². The van der Waals surface area contributed by atoms with Gasteiger partial charge in [-0.2, -0.15) is 4.72 Å². The number of rotatable bonds is 9. The summed E-state index contributed by atoms with van der Waals surface area (Å²) < 4.78 is 52.2. The minimum absolute atomic E-state index is 0.0813. The van der Waals surface area contributed by atoms with Crippen molar-refractivity contribution in [2.24, 2.45) is 0 Å². The fourth-order valence-corrected chi connectivity index (χ4v) is 7.30. The molecular formula is C17H23BrNO6PS. The van der Waals surface area contributed by atoms with Crippen LogP contribution in [0.5, 0.6) is 0 Å². The van der Waals surface area contributed by atoms with Gasteiger partial charge in [0.1, 0.15) is 0 Å². The molecule has 0 saturated heterocycles. The van der Waals surface area contributed by atoms with Crippen LogP contribution in [0.3, 0.4) is 0 Å². The van der Waals surface area contributed by atoms with Crippen molar-refractivity contribution < 1.29 is 26.8 Å². The number of halogens is 1. The summed E-state index contributed by atoms with van der Waals surface area (Å²) in [7, 11) is -7.96. The summed E-state index contributed by atoms with van der Waals surface area (Å²) >= 11 is 3.18. The molecule has 0 aromatic heterocycles. The quantitative estimate of drug-likeness (QED) is 0.539. The van der Waals surface area contributed by atoms with Crippen LogP contribution >= 0.6 is 23.5 Å². The Balaban J connectivity index is 2.82. The Morgan fingerprint density at radius 2 is 1.70 bits per heavy atom. The molecule has 1 aromatic rings. The molecular weight excluding hydrogens is 457 g/mol. The first-order valence-electron chi connectivity index (χ1n) is 8.51. The first kappa shape index (κ1) is 22.5. The molecule has 1 atom stereocenters. The maximum atomic E-state index is 14.0. The predicted molar refractivity (Wildman–Crippen MR) is 108 cm³/mol. The number of ketones is 1. The molecule has 1 N–H and O–H groups in total. The van der Waals surface area contributed by atoms with E-state index in [2.05, 4.69) is 20.7 Å². The van der Waals surface area contributed by atoms with Crippen LogP contribution in [0.15, 0.2) is 34.8 Å². The first-order valence-corrected chi connectivity index (χ1v) is 12.7. The number of hydrogen-bond acceptors (Lipinski definition) is 6. The first-order chi connectivity index (χ1) is 12.6. The largest absolute Gasteiger partial charge is 0.360 e. The number of Topliss-reactive ketones (excluding diaryl/α,β-unsaturated/α-hetero) is 1. The molecule has 0 aliphatic heterocycles. The second kappa shape index (κ2) is 8.68. The van der Waals surface area contributed by atoms with E-state index in [1.54, 1.807) is 24.3 Å². The third-order valence-electron chi connectivity index (χ3n) is 3.84. The van der Waals surface area contributed by atoms with Gasteiger partial charge in [-0.25, -0.2) is 8.42 Å². The second-order valence-electron chi connectivity index (χ2n) is 6.17. The van der Waals surface area contributed by atoms with E-state index in [0.717, 1.165) is 6.26 Å². The fourth-order valence-electron chi connectivity index (χ4n) is 2.78. The van der Waals surface area contributed by atoms with Crippen LogP contribution < -0.4 is 4.72 Å². The number of carbonyl (C=O) groups is 1. The molecule has 27 heavy (non-hydrogen) atoms. The zero-order chi connectivity index (χ0) is 20.3. The molecule has 0 saturated carbocycles. The highest BCUT2D eigenvalue weighted by molar-refractivity contribution is 9.12. The van der Waals surface area contributed by atoms with Crippen molar-refractivity contribution >= 4 is 39.3 Å². The molecule has 0 amide bonds.